The molecule has 4 heteroatoms. The van der Waals surface area contributed by atoms with Gasteiger partial charge in [0.1, 0.15) is 11.5 Å². The number of para-hydroxylation sites is 1. The van der Waals surface area contributed by atoms with Crippen molar-refractivity contribution in [2.24, 2.45) is 0 Å². The maximum Gasteiger partial charge on any atom is 0.315 e. The van der Waals surface area contributed by atoms with Gasteiger partial charge in [-0.1, -0.05) is 30.3 Å². The monoisotopic (exact) mass is 331 g/mol. The lowest BCUT2D eigenvalue weighted by atomic mass is 10.1. The van der Waals surface area contributed by atoms with E-state index in [2.05, 4.69) is 11.1 Å². The van der Waals surface area contributed by atoms with E-state index in [-0.39, 0.29) is 12.4 Å². The first-order chi connectivity index (χ1) is 12.2. The van der Waals surface area contributed by atoms with Crippen LogP contribution in [0.4, 0.5) is 0 Å². The van der Waals surface area contributed by atoms with Crippen LogP contribution in [0.1, 0.15) is 5.56 Å². The Kier molecular flexibility index (Phi) is 3.86. The average molecular weight is 331 g/mol. The summed E-state index contributed by atoms with van der Waals surface area (Å²) < 4.78 is 10.6. The van der Waals surface area contributed by atoms with Crippen LogP contribution in [0.15, 0.2) is 66.7 Å². The number of rotatable bonds is 4. The van der Waals surface area contributed by atoms with E-state index in [1.807, 2.05) is 60.7 Å². The summed E-state index contributed by atoms with van der Waals surface area (Å²) in [6.45, 7) is 0. The minimum absolute atomic E-state index is 0.218. The number of aromatic amines is 1. The number of carbonyl (C=O) groups excluding carboxylic acids is 1. The predicted molar refractivity (Wildman–Crippen MR) is 98.1 cm³/mol. The molecule has 0 bridgehead atoms. The van der Waals surface area contributed by atoms with E-state index in [9.17, 15) is 4.79 Å². The van der Waals surface area contributed by atoms with Gasteiger partial charge in [0.05, 0.1) is 13.5 Å². The topological polar surface area (TPSA) is 51.3 Å². The molecular weight excluding hydrogens is 314 g/mol. The standard InChI is InChI=1S/C21H17NO3/c1-24-15-8-6-14(7-9-15)12-21(23)25-16-10-11-20-18(13-16)17-4-2-3-5-19(17)22-20/h2-11,13,22H,12H2,1H3. The van der Waals surface area contributed by atoms with E-state index in [1.165, 1.54) is 0 Å². The van der Waals surface area contributed by atoms with Crippen molar-refractivity contribution in [3.8, 4) is 11.5 Å². The van der Waals surface area contributed by atoms with Crippen LogP contribution in [-0.4, -0.2) is 18.1 Å². The summed E-state index contributed by atoms with van der Waals surface area (Å²) in [6.07, 6.45) is 0.218. The second-order valence-corrected chi connectivity index (χ2v) is 5.88. The molecule has 4 aromatic rings. The van der Waals surface area contributed by atoms with Crippen molar-refractivity contribution in [1.82, 2.24) is 4.98 Å². The molecule has 0 aliphatic rings. The average Bonchev–Trinajstić information content (AvgIpc) is 3.00. The molecule has 0 spiro atoms. The lowest BCUT2D eigenvalue weighted by Crippen LogP contribution is -2.11. The molecule has 25 heavy (non-hydrogen) atoms. The largest absolute Gasteiger partial charge is 0.497 e. The van der Waals surface area contributed by atoms with E-state index in [1.54, 1.807) is 7.11 Å². The SMILES string of the molecule is COc1ccc(CC(=O)Oc2ccc3[nH]c4ccccc4c3c2)cc1. The molecule has 0 fully saturated rings. The van der Waals surface area contributed by atoms with Crippen LogP contribution in [0.2, 0.25) is 0 Å². The molecule has 0 aliphatic carbocycles. The van der Waals surface area contributed by atoms with Gasteiger partial charge < -0.3 is 14.5 Å². The van der Waals surface area contributed by atoms with Crippen molar-refractivity contribution in [3.05, 3.63) is 72.3 Å². The van der Waals surface area contributed by atoms with Crippen LogP contribution < -0.4 is 9.47 Å². The van der Waals surface area contributed by atoms with Crippen molar-refractivity contribution in [1.29, 1.82) is 0 Å². The van der Waals surface area contributed by atoms with Crippen LogP contribution in [0, 0.1) is 0 Å². The van der Waals surface area contributed by atoms with Gasteiger partial charge in [0.25, 0.3) is 0 Å². The van der Waals surface area contributed by atoms with Gasteiger partial charge in [0.2, 0.25) is 0 Å². The fourth-order valence-electron chi connectivity index (χ4n) is 2.97. The Hall–Kier alpha value is -3.27. The molecule has 1 N–H and O–H groups in total. The summed E-state index contributed by atoms with van der Waals surface area (Å²) in [5.41, 5.74) is 2.98. The Morgan fingerprint density at radius 2 is 1.60 bits per heavy atom. The van der Waals surface area contributed by atoms with Gasteiger partial charge in [-0.15, -0.1) is 0 Å². The zero-order valence-corrected chi connectivity index (χ0v) is 13.8. The van der Waals surface area contributed by atoms with Crippen molar-refractivity contribution in [3.63, 3.8) is 0 Å². The van der Waals surface area contributed by atoms with E-state index in [0.29, 0.717) is 5.75 Å². The van der Waals surface area contributed by atoms with Gasteiger partial charge >= 0.3 is 5.97 Å². The number of ether oxygens (including phenoxy) is 2. The van der Waals surface area contributed by atoms with E-state index in [4.69, 9.17) is 9.47 Å². The first-order valence-corrected chi connectivity index (χ1v) is 8.07. The summed E-state index contributed by atoms with van der Waals surface area (Å²) >= 11 is 0. The van der Waals surface area contributed by atoms with Crippen LogP contribution >= 0.6 is 0 Å². The maximum absolute atomic E-state index is 12.2. The number of hydrogen-bond donors (Lipinski definition) is 1. The number of H-pyrrole nitrogens is 1. The number of aromatic nitrogens is 1. The minimum Gasteiger partial charge on any atom is -0.497 e. The first kappa shape index (κ1) is 15.3. The van der Waals surface area contributed by atoms with Crippen LogP contribution in [0.5, 0.6) is 11.5 Å². The first-order valence-electron chi connectivity index (χ1n) is 8.07. The van der Waals surface area contributed by atoms with Gasteiger partial charge in [-0.2, -0.15) is 0 Å². The van der Waals surface area contributed by atoms with Crippen LogP contribution in [-0.2, 0) is 11.2 Å². The fourth-order valence-corrected chi connectivity index (χ4v) is 2.97. The molecule has 0 saturated carbocycles. The molecule has 0 atom stereocenters. The highest BCUT2D eigenvalue weighted by Gasteiger charge is 2.09. The van der Waals surface area contributed by atoms with Gasteiger partial charge in [-0.25, -0.2) is 0 Å². The summed E-state index contributed by atoms with van der Waals surface area (Å²) in [5, 5.41) is 2.16. The van der Waals surface area contributed by atoms with Gasteiger partial charge in [0, 0.05) is 21.8 Å². The van der Waals surface area contributed by atoms with E-state index < -0.39 is 0 Å². The third kappa shape index (κ3) is 3.06. The Morgan fingerprint density at radius 1 is 0.880 bits per heavy atom. The highest BCUT2D eigenvalue weighted by molar-refractivity contribution is 6.07. The molecule has 0 radical (unpaired) electrons. The molecule has 0 amide bonds. The third-order valence-electron chi connectivity index (χ3n) is 4.22. The van der Waals surface area contributed by atoms with Crippen molar-refractivity contribution in [2.75, 3.05) is 7.11 Å². The van der Waals surface area contributed by atoms with Crippen molar-refractivity contribution >= 4 is 27.8 Å². The quantitative estimate of drug-likeness (QED) is 0.443. The Bertz CT molecular complexity index is 1050. The Labute approximate surface area is 145 Å². The number of methoxy groups -OCH3 is 1. The molecule has 0 unspecified atom stereocenters. The van der Waals surface area contributed by atoms with Crippen LogP contribution in [0.25, 0.3) is 21.8 Å². The molecule has 0 aliphatic heterocycles. The summed E-state index contributed by atoms with van der Waals surface area (Å²) in [5.74, 6) is 1.03. The van der Waals surface area contributed by atoms with Crippen LogP contribution in [0.3, 0.4) is 0 Å². The zero-order chi connectivity index (χ0) is 17.2. The fraction of sp³-hybridized carbons (Fsp3) is 0.0952. The highest BCUT2D eigenvalue weighted by atomic mass is 16.5. The lowest BCUT2D eigenvalue weighted by Gasteiger charge is -2.06. The van der Waals surface area contributed by atoms with Crippen molar-refractivity contribution in [2.45, 2.75) is 6.42 Å². The molecular formula is C21H17NO3. The summed E-state index contributed by atoms with van der Waals surface area (Å²) in [4.78, 5) is 15.6. The molecule has 1 aromatic heterocycles. The molecule has 3 aromatic carbocycles. The normalized spacial score (nSPS) is 10.9. The number of esters is 1. The molecule has 1 heterocycles. The molecule has 4 nitrogen and oxygen atoms in total. The number of carbonyl (C=O) groups is 1. The molecule has 124 valence electrons. The second kappa shape index (κ2) is 6.32. The third-order valence-corrected chi connectivity index (χ3v) is 4.22. The van der Waals surface area contributed by atoms with E-state index >= 15 is 0 Å². The number of hydrogen-bond acceptors (Lipinski definition) is 3. The van der Waals surface area contributed by atoms with Gasteiger partial charge in [-0.05, 0) is 42.0 Å². The number of fused-ring (bicyclic) bond motifs is 3. The number of nitrogens with one attached hydrogen (secondary N) is 1. The smallest absolute Gasteiger partial charge is 0.315 e. The highest BCUT2D eigenvalue weighted by Crippen LogP contribution is 2.28. The maximum atomic E-state index is 12.2. The van der Waals surface area contributed by atoms with E-state index in [0.717, 1.165) is 33.1 Å². The number of benzene rings is 3. The Morgan fingerprint density at radius 3 is 2.40 bits per heavy atom. The van der Waals surface area contributed by atoms with Gasteiger partial charge in [-0.3, -0.25) is 4.79 Å². The lowest BCUT2D eigenvalue weighted by molar-refractivity contribution is -0.133. The molecule has 4 rings (SSSR count). The minimum atomic E-state index is -0.288. The van der Waals surface area contributed by atoms with Gasteiger partial charge in [0.15, 0.2) is 0 Å². The van der Waals surface area contributed by atoms with Crippen molar-refractivity contribution < 1.29 is 14.3 Å². The second-order valence-electron chi connectivity index (χ2n) is 5.88. The summed E-state index contributed by atoms with van der Waals surface area (Å²) in [6, 6.07) is 21.1. The zero-order valence-electron chi connectivity index (χ0n) is 13.8. The predicted octanol–water partition coefficient (Wildman–Crippen LogP) is 4.48. The summed E-state index contributed by atoms with van der Waals surface area (Å²) in [7, 11) is 1.62. The molecule has 0 saturated heterocycles. The Balaban J connectivity index is 1.55.